The van der Waals surface area contributed by atoms with Crippen LogP contribution in [0, 0.1) is 0 Å². The van der Waals surface area contributed by atoms with Gasteiger partial charge in [0.05, 0.1) is 6.42 Å². The van der Waals surface area contributed by atoms with Gasteiger partial charge in [-0.2, -0.15) is 0 Å². The van der Waals surface area contributed by atoms with Crippen molar-refractivity contribution in [3.8, 4) is 0 Å². The predicted molar refractivity (Wildman–Crippen MR) is 95.6 cm³/mol. The number of hydrogen-bond acceptors (Lipinski definition) is 2. The van der Waals surface area contributed by atoms with Gasteiger partial charge in [0.1, 0.15) is 0 Å². The first-order valence-electron chi connectivity index (χ1n) is 7.96. The van der Waals surface area contributed by atoms with Crippen molar-refractivity contribution in [2.75, 3.05) is 0 Å². The van der Waals surface area contributed by atoms with Gasteiger partial charge in [-0.3, -0.25) is 20.4 Å². The van der Waals surface area contributed by atoms with Crippen molar-refractivity contribution < 1.29 is 9.59 Å². The number of benzene rings is 2. The average Bonchev–Trinajstić information content (AvgIpc) is 2.60. The molecule has 0 aliphatic rings. The van der Waals surface area contributed by atoms with Gasteiger partial charge in [0.2, 0.25) is 11.8 Å². The minimum atomic E-state index is -0.266. The van der Waals surface area contributed by atoms with Gasteiger partial charge in [0.15, 0.2) is 0 Å². The Morgan fingerprint density at radius 2 is 1.38 bits per heavy atom. The summed E-state index contributed by atoms with van der Waals surface area (Å²) in [5, 5.41) is 0.624. The van der Waals surface area contributed by atoms with Crippen molar-refractivity contribution in [1.82, 2.24) is 10.9 Å². The zero-order chi connectivity index (χ0) is 17.4. The average molecular weight is 345 g/mol. The Morgan fingerprint density at radius 3 is 2.00 bits per heavy atom. The summed E-state index contributed by atoms with van der Waals surface area (Å²) < 4.78 is 0. The number of carbonyl (C=O) groups excluding carboxylic acids is 2. The highest BCUT2D eigenvalue weighted by atomic mass is 35.5. The molecule has 5 heteroatoms. The van der Waals surface area contributed by atoms with Crippen LogP contribution in [0.1, 0.15) is 30.0 Å². The number of halogens is 1. The van der Waals surface area contributed by atoms with Crippen LogP contribution in [0.4, 0.5) is 0 Å². The molecule has 0 unspecified atom stereocenters. The Balaban J connectivity index is 1.70. The quantitative estimate of drug-likeness (QED) is 0.790. The smallest absolute Gasteiger partial charge is 0.242 e. The number of carbonyl (C=O) groups is 2. The molecule has 0 aromatic heterocycles. The SMILES string of the molecule is CCc1ccc(CCC(=O)NNC(=O)Cc2ccc(Cl)cc2)cc1. The molecule has 2 aromatic carbocycles. The Morgan fingerprint density at radius 1 is 0.833 bits per heavy atom. The Labute approximate surface area is 147 Å². The van der Waals surface area contributed by atoms with Crippen LogP contribution >= 0.6 is 11.6 Å². The summed E-state index contributed by atoms with van der Waals surface area (Å²) >= 11 is 5.80. The van der Waals surface area contributed by atoms with Gasteiger partial charge in [0.25, 0.3) is 0 Å². The highest BCUT2D eigenvalue weighted by Gasteiger charge is 2.06. The number of hydrazine groups is 1. The zero-order valence-electron chi connectivity index (χ0n) is 13.6. The molecule has 0 bridgehead atoms. The maximum Gasteiger partial charge on any atom is 0.242 e. The van der Waals surface area contributed by atoms with Gasteiger partial charge < -0.3 is 0 Å². The molecule has 0 saturated heterocycles. The van der Waals surface area contributed by atoms with E-state index in [0.29, 0.717) is 17.9 Å². The van der Waals surface area contributed by atoms with Crippen molar-refractivity contribution in [3.05, 3.63) is 70.2 Å². The molecular formula is C19H21ClN2O2. The lowest BCUT2D eigenvalue weighted by Gasteiger charge is -2.08. The first-order chi connectivity index (χ1) is 11.6. The van der Waals surface area contributed by atoms with Crippen molar-refractivity contribution in [3.63, 3.8) is 0 Å². The van der Waals surface area contributed by atoms with Crippen LogP contribution in [0.15, 0.2) is 48.5 Å². The number of aryl methyl sites for hydroxylation is 2. The Hall–Kier alpha value is -2.33. The summed E-state index contributed by atoms with van der Waals surface area (Å²) in [6, 6.07) is 15.2. The van der Waals surface area contributed by atoms with E-state index in [1.165, 1.54) is 5.56 Å². The Bertz CT molecular complexity index is 682. The third kappa shape index (κ3) is 6.05. The van der Waals surface area contributed by atoms with Crippen LogP contribution in [0.2, 0.25) is 5.02 Å². The fourth-order valence-electron chi connectivity index (χ4n) is 2.23. The van der Waals surface area contributed by atoms with Crippen LogP contribution in [0.25, 0.3) is 0 Å². The lowest BCUT2D eigenvalue weighted by Crippen LogP contribution is -2.42. The second kappa shape index (κ2) is 9.08. The second-order valence-corrected chi connectivity index (χ2v) is 6.01. The van der Waals surface area contributed by atoms with Gasteiger partial charge in [0, 0.05) is 11.4 Å². The Kier molecular flexibility index (Phi) is 6.82. The molecule has 0 radical (unpaired) electrons. The van der Waals surface area contributed by atoms with E-state index in [1.807, 2.05) is 12.1 Å². The van der Waals surface area contributed by atoms with Crippen LogP contribution in [-0.2, 0) is 28.9 Å². The molecule has 0 heterocycles. The van der Waals surface area contributed by atoms with E-state index in [2.05, 4.69) is 29.9 Å². The highest BCUT2D eigenvalue weighted by Crippen LogP contribution is 2.10. The van der Waals surface area contributed by atoms with Gasteiger partial charge in [-0.25, -0.2) is 0 Å². The third-order valence-electron chi connectivity index (χ3n) is 3.69. The molecule has 24 heavy (non-hydrogen) atoms. The van der Waals surface area contributed by atoms with Gasteiger partial charge in [-0.05, 0) is 41.7 Å². The molecule has 0 saturated carbocycles. The zero-order valence-corrected chi connectivity index (χ0v) is 14.4. The summed E-state index contributed by atoms with van der Waals surface area (Å²) in [5.41, 5.74) is 8.09. The van der Waals surface area contributed by atoms with E-state index >= 15 is 0 Å². The summed E-state index contributed by atoms with van der Waals surface area (Å²) in [5.74, 6) is -0.475. The minimum absolute atomic E-state index is 0.190. The molecule has 4 nitrogen and oxygen atoms in total. The largest absolute Gasteiger partial charge is 0.273 e. The molecule has 126 valence electrons. The van der Waals surface area contributed by atoms with E-state index in [9.17, 15) is 9.59 Å². The van der Waals surface area contributed by atoms with Crippen LogP contribution < -0.4 is 10.9 Å². The third-order valence-corrected chi connectivity index (χ3v) is 3.94. The molecule has 2 N–H and O–H groups in total. The summed E-state index contributed by atoms with van der Waals surface area (Å²) in [7, 11) is 0. The molecule has 0 spiro atoms. The van der Waals surface area contributed by atoms with E-state index in [-0.39, 0.29) is 18.2 Å². The van der Waals surface area contributed by atoms with Crippen LogP contribution in [0.3, 0.4) is 0 Å². The monoisotopic (exact) mass is 344 g/mol. The van der Waals surface area contributed by atoms with E-state index in [1.54, 1.807) is 24.3 Å². The minimum Gasteiger partial charge on any atom is -0.273 e. The fraction of sp³-hybridized carbons (Fsp3) is 0.263. The van der Waals surface area contributed by atoms with Gasteiger partial charge >= 0.3 is 0 Å². The fourth-order valence-corrected chi connectivity index (χ4v) is 2.36. The molecule has 2 amide bonds. The maximum absolute atomic E-state index is 11.8. The van der Waals surface area contributed by atoms with Crippen molar-refractivity contribution in [2.24, 2.45) is 0 Å². The summed E-state index contributed by atoms with van der Waals surface area (Å²) in [6.07, 6.45) is 2.16. The lowest BCUT2D eigenvalue weighted by atomic mass is 10.1. The van der Waals surface area contributed by atoms with Crippen LogP contribution in [-0.4, -0.2) is 11.8 Å². The molecule has 2 rings (SSSR count). The van der Waals surface area contributed by atoms with Crippen molar-refractivity contribution in [1.29, 1.82) is 0 Å². The molecule has 0 aliphatic carbocycles. The van der Waals surface area contributed by atoms with Gasteiger partial charge in [-0.15, -0.1) is 0 Å². The van der Waals surface area contributed by atoms with E-state index in [4.69, 9.17) is 11.6 Å². The molecule has 2 aromatic rings. The lowest BCUT2D eigenvalue weighted by molar-refractivity contribution is -0.128. The number of amides is 2. The first-order valence-corrected chi connectivity index (χ1v) is 8.34. The molecule has 0 aliphatic heterocycles. The normalized spacial score (nSPS) is 10.2. The van der Waals surface area contributed by atoms with Gasteiger partial charge in [-0.1, -0.05) is 54.9 Å². The molecular weight excluding hydrogens is 324 g/mol. The number of hydrogen-bond donors (Lipinski definition) is 2. The number of nitrogens with one attached hydrogen (secondary N) is 2. The standard InChI is InChI=1S/C19H21ClN2O2/c1-2-14-3-5-15(6-4-14)9-12-18(23)21-22-19(24)13-16-7-10-17(20)11-8-16/h3-8,10-11H,2,9,12-13H2,1H3,(H,21,23)(H,22,24). The summed E-state index contributed by atoms with van der Waals surface area (Å²) in [6.45, 7) is 2.11. The first kappa shape index (κ1) is 18.0. The van der Waals surface area contributed by atoms with E-state index in [0.717, 1.165) is 17.5 Å². The predicted octanol–water partition coefficient (Wildman–Crippen LogP) is 3.23. The summed E-state index contributed by atoms with van der Waals surface area (Å²) in [4.78, 5) is 23.6. The van der Waals surface area contributed by atoms with Crippen LogP contribution in [0.5, 0.6) is 0 Å². The number of rotatable bonds is 6. The second-order valence-electron chi connectivity index (χ2n) is 5.57. The molecule has 0 fully saturated rings. The topological polar surface area (TPSA) is 58.2 Å². The highest BCUT2D eigenvalue weighted by molar-refractivity contribution is 6.30. The maximum atomic E-state index is 11.8. The van der Waals surface area contributed by atoms with Crippen molar-refractivity contribution >= 4 is 23.4 Å². The van der Waals surface area contributed by atoms with Crippen molar-refractivity contribution in [2.45, 2.75) is 32.6 Å². The van der Waals surface area contributed by atoms with E-state index < -0.39 is 0 Å². The molecule has 0 atom stereocenters.